The summed E-state index contributed by atoms with van der Waals surface area (Å²) in [6.07, 6.45) is 10.1. The van der Waals surface area contributed by atoms with E-state index >= 15 is 0 Å². The second-order valence-corrected chi connectivity index (χ2v) is 13.4. The van der Waals surface area contributed by atoms with Crippen molar-refractivity contribution in [1.82, 2.24) is 19.8 Å². The van der Waals surface area contributed by atoms with Crippen molar-refractivity contribution in [2.45, 2.75) is 32.0 Å². The molecule has 0 spiro atoms. The van der Waals surface area contributed by atoms with Crippen molar-refractivity contribution in [1.29, 1.82) is 0 Å². The van der Waals surface area contributed by atoms with Gasteiger partial charge in [0, 0.05) is 73.2 Å². The standard InChI is InChI=1S/C36H44N4O6.2C4H4O4/c1-39(22-25-14-28(21-37-20-25)26-16-31(41-2)35(45-6)32(17-26)42-3)29-9-12-40(13-10-29)23-24-8-11-38-30(15-24)27-18-33(43-4)36(46-7)34(19-27)44-5;2*5-3(6)1-2-4(7)8/h8,11,14-21,29H,9-10,12-13,22-23H2,1-7H3;2*1-2H,(H,5,6)(H,7,8). The highest BCUT2D eigenvalue weighted by Crippen LogP contribution is 2.42. The van der Waals surface area contributed by atoms with Crippen molar-refractivity contribution in [2.75, 3.05) is 62.8 Å². The molecular formula is C44H52N4O14. The van der Waals surface area contributed by atoms with Gasteiger partial charge in [-0.3, -0.25) is 19.8 Å². The number of ether oxygens (including phenoxy) is 6. The second kappa shape index (κ2) is 24.8. The van der Waals surface area contributed by atoms with Crippen LogP contribution in [0.5, 0.6) is 34.5 Å². The van der Waals surface area contributed by atoms with Gasteiger partial charge >= 0.3 is 23.9 Å². The lowest BCUT2D eigenvalue weighted by Crippen LogP contribution is -2.42. The maximum absolute atomic E-state index is 9.55. The first-order chi connectivity index (χ1) is 29.7. The second-order valence-electron chi connectivity index (χ2n) is 13.4. The largest absolute Gasteiger partial charge is 0.493 e. The number of carbonyl (C=O) groups is 4. The fourth-order valence-electron chi connectivity index (χ4n) is 6.42. The molecule has 2 aromatic heterocycles. The number of pyridine rings is 2. The molecule has 0 atom stereocenters. The molecule has 0 bridgehead atoms. The third kappa shape index (κ3) is 15.1. The first-order valence-corrected chi connectivity index (χ1v) is 18.9. The molecule has 1 aliphatic heterocycles. The van der Waals surface area contributed by atoms with Crippen molar-refractivity contribution in [3.8, 4) is 56.9 Å². The van der Waals surface area contributed by atoms with Crippen molar-refractivity contribution in [2.24, 2.45) is 0 Å². The minimum Gasteiger partial charge on any atom is -0.493 e. The number of carboxylic acids is 4. The number of nitrogens with zero attached hydrogens (tertiary/aromatic N) is 4. The molecule has 332 valence electrons. The Balaban J connectivity index is 0.000000541. The summed E-state index contributed by atoms with van der Waals surface area (Å²) in [7, 11) is 11.9. The SMILES string of the molecule is COc1cc(-c2cncc(CN(C)C3CCN(Cc4ccnc(-c5cc(OC)c(OC)c(OC)c5)c4)CC3)c2)cc(OC)c1OC.O=C(O)C=CC(=O)O.O=C(O)C=CC(=O)O. The molecule has 0 radical (unpaired) electrons. The van der Waals surface area contributed by atoms with Gasteiger partial charge in [0.15, 0.2) is 23.0 Å². The molecule has 4 N–H and O–H groups in total. The molecule has 0 amide bonds. The molecule has 5 rings (SSSR count). The van der Waals surface area contributed by atoms with E-state index in [1.165, 1.54) is 5.56 Å². The average Bonchev–Trinajstić information content (AvgIpc) is 3.27. The summed E-state index contributed by atoms with van der Waals surface area (Å²) in [4.78, 5) is 52.4. The van der Waals surface area contributed by atoms with Crippen LogP contribution < -0.4 is 28.4 Å². The van der Waals surface area contributed by atoms with E-state index in [9.17, 15) is 19.2 Å². The van der Waals surface area contributed by atoms with Crippen LogP contribution in [0.4, 0.5) is 0 Å². The molecule has 18 nitrogen and oxygen atoms in total. The number of hydrogen-bond acceptors (Lipinski definition) is 14. The van der Waals surface area contributed by atoms with Crippen LogP contribution in [-0.2, 0) is 32.3 Å². The average molecular weight is 861 g/mol. The number of methoxy groups -OCH3 is 6. The highest BCUT2D eigenvalue weighted by atomic mass is 16.5. The zero-order valence-electron chi connectivity index (χ0n) is 35.6. The smallest absolute Gasteiger partial charge is 0.328 e. The molecule has 1 aliphatic rings. The number of piperidine rings is 1. The van der Waals surface area contributed by atoms with Crippen LogP contribution in [0.25, 0.3) is 22.4 Å². The van der Waals surface area contributed by atoms with E-state index < -0.39 is 23.9 Å². The van der Waals surface area contributed by atoms with E-state index in [1.807, 2.05) is 42.9 Å². The summed E-state index contributed by atoms with van der Waals surface area (Å²) < 4.78 is 33.2. The number of hydrogen-bond donors (Lipinski definition) is 4. The summed E-state index contributed by atoms with van der Waals surface area (Å²) in [5.41, 5.74) is 6.13. The Morgan fingerprint density at radius 3 is 1.50 bits per heavy atom. The summed E-state index contributed by atoms with van der Waals surface area (Å²) in [6, 6.07) is 14.7. The molecule has 62 heavy (non-hydrogen) atoms. The zero-order valence-corrected chi connectivity index (χ0v) is 35.6. The fourth-order valence-corrected chi connectivity index (χ4v) is 6.42. The third-order valence-corrected chi connectivity index (χ3v) is 9.33. The molecule has 0 unspecified atom stereocenters. The number of benzene rings is 2. The van der Waals surface area contributed by atoms with Gasteiger partial charge in [-0.15, -0.1) is 0 Å². The van der Waals surface area contributed by atoms with Gasteiger partial charge in [-0.1, -0.05) is 0 Å². The van der Waals surface area contributed by atoms with Crippen LogP contribution in [0.15, 0.2) is 85.4 Å². The lowest BCUT2D eigenvalue weighted by atomic mass is 10.0. The van der Waals surface area contributed by atoms with Crippen LogP contribution in [0.3, 0.4) is 0 Å². The minimum absolute atomic E-state index is 0.494. The van der Waals surface area contributed by atoms with Crippen molar-refractivity contribution < 1.29 is 68.0 Å². The molecule has 1 saturated heterocycles. The van der Waals surface area contributed by atoms with Gasteiger partial charge in [-0.05, 0) is 92.1 Å². The Hall–Kier alpha value is -7.18. The number of aliphatic carboxylic acids is 4. The maximum Gasteiger partial charge on any atom is 0.328 e. The van der Waals surface area contributed by atoms with E-state index in [4.69, 9.17) is 48.8 Å². The Bertz CT molecular complexity index is 2090. The van der Waals surface area contributed by atoms with Crippen LogP contribution in [0.2, 0.25) is 0 Å². The zero-order chi connectivity index (χ0) is 45.8. The maximum atomic E-state index is 9.55. The number of rotatable bonds is 17. The molecule has 1 fully saturated rings. The van der Waals surface area contributed by atoms with E-state index in [2.05, 4.69) is 45.0 Å². The number of likely N-dealkylation sites (tertiary alicyclic amines) is 1. The van der Waals surface area contributed by atoms with Gasteiger partial charge < -0.3 is 48.8 Å². The van der Waals surface area contributed by atoms with Gasteiger partial charge in [-0.25, -0.2) is 19.2 Å². The number of carboxylic acid groups (broad SMARTS) is 4. The third-order valence-electron chi connectivity index (χ3n) is 9.33. The van der Waals surface area contributed by atoms with Gasteiger partial charge in [0.25, 0.3) is 0 Å². The predicted octanol–water partition coefficient (Wildman–Crippen LogP) is 5.38. The molecular weight excluding hydrogens is 808 g/mol. The monoisotopic (exact) mass is 860 g/mol. The Labute approximate surface area is 359 Å². The summed E-state index contributed by atoms with van der Waals surface area (Å²) in [5.74, 6) is -1.42. The molecule has 0 saturated carbocycles. The first-order valence-electron chi connectivity index (χ1n) is 18.9. The van der Waals surface area contributed by atoms with Crippen molar-refractivity contribution in [3.05, 3.63) is 96.5 Å². The van der Waals surface area contributed by atoms with E-state index in [0.717, 1.165) is 67.0 Å². The van der Waals surface area contributed by atoms with Crippen molar-refractivity contribution in [3.63, 3.8) is 0 Å². The van der Waals surface area contributed by atoms with E-state index in [0.29, 0.717) is 64.8 Å². The molecule has 4 aromatic rings. The quantitative estimate of drug-likeness (QED) is 0.0975. The highest BCUT2D eigenvalue weighted by molar-refractivity contribution is 5.90. The van der Waals surface area contributed by atoms with E-state index in [1.54, 1.807) is 42.7 Å². The summed E-state index contributed by atoms with van der Waals surface area (Å²) >= 11 is 0. The Morgan fingerprint density at radius 1 is 0.629 bits per heavy atom. The number of aromatic nitrogens is 2. The summed E-state index contributed by atoms with van der Waals surface area (Å²) in [5, 5.41) is 31.2. The first kappa shape index (κ1) is 49.2. The fraction of sp³-hybridized carbons (Fsp3) is 0.318. The van der Waals surface area contributed by atoms with Crippen LogP contribution in [-0.4, -0.2) is 133 Å². The van der Waals surface area contributed by atoms with Crippen LogP contribution in [0.1, 0.15) is 24.0 Å². The van der Waals surface area contributed by atoms with E-state index in [-0.39, 0.29) is 0 Å². The van der Waals surface area contributed by atoms with Crippen LogP contribution >= 0.6 is 0 Å². The molecule has 0 aliphatic carbocycles. The minimum atomic E-state index is -1.26. The topological polar surface area (TPSA) is 237 Å². The molecule has 18 heteroatoms. The van der Waals surface area contributed by atoms with Gasteiger partial charge in [-0.2, -0.15) is 0 Å². The Morgan fingerprint density at radius 2 is 1.08 bits per heavy atom. The lowest BCUT2D eigenvalue weighted by Gasteiger charge is -2.37. The van der Waals surface area contributed by atoms with Crippen LogP contribution in [0, 0.1) is 0 Å². The predicted molar refractivity (Wildman–Crippen MR) is 227 cm³/mol. The van der Waals surface area contributed by atoms with Gasteiger partial charge in [0.2, 0.25) is 11.5 Å². The van der Waals surface area contributed by atoms with Gasteiger partial charge in [0.05, 0.1) is 48.4 Å². The summed E-state index contributed by atoms with van der Waals surface area (Å²) in [6.45, 7) is 3.75. The lowest BCUT2D eigenvalue weighted by molar-refractivity contribution is -0.134. The normalized spacial score (nSPS) is 12.7. The Kier molecular flexibility index (Phi) is 19.7. The molecule has 2 aromatic carbocycles. The molecule has 3 heterocycles. The van der Waals surface area contributed by atoms with Crippen molar-refractivity contribution >= 4 is 23.9 Å². The highest BCUT2D eigenvalue weighted by Gasteiger charge is 2.23. The van der Waals surface area contributed by atoms with Gasteiger partial charge in [0.1, 0.15) is 0 Å².